The maximum absolute atomic E-state index is 5.45. The van der Waals surface area contributed by atoms with Crippen LogP contribution in [0.25, 0.3) is 0 Å². The van der Waals surface area contributed by atoms with Crippen LogP contribution in [0, 0.1) is 0 Å². The lowest BCUT2D eigenvalue weighted by Crippen LogP contribution is -2.21. The molecule has 0 fully saturated rings. The molecule has 0 unspecified atom stereocenters. The Morgan fingerprint density at radius 1 is 1.57 bits per heavy atom. The summed E-state index contributed by atoms with van der Waals surface area (Å²) >= 11 is 0. The minimum atomic E-state index is 0.440. The first-order valence-electron chi connectivity index (χ1n) is 4.01. The lowest BCUT2D eigenvalue weighted by molar-refractivity contribution is 0.513. The van der Waals surface area contributed by atoms with E-state index in [0.29, 0.717) is 11.5 Å². The molecule has 0 amide bonds. The number of nitrogens with one attached hydrogen (secondary N) is 1. The van der Waals surface area contributed by atoms with Crippen molar-refractivity contribution in [2.45, 2.75) is 0 Å². The predicted molar refractivity (Wildman–Crippen MR) is 61.2 cm³/mol. The fourth-order valence-electron chi connectivity index (χ4n) is 0.740. The highest BCUT2D eigenvalue weighted by Gasteiger charge is 1.98. The first-order valence-corrected chi connectivity index (χ1v) is 4.01. The van der Waals surface area contributed by atoms with Gasteiger partial charge in [-0.2, -0.15) is 5.10 Å². The zero-order valence-electron chi connectivity index (χ0n) is 8.40. The van der Waals surface area contributed by atoms with Crippen LogP contribution in [0.15, 0.2) is 54.2 Å². The molecular formula is C10H16N4. The molecule has 76 valence electrons. The minimum Gasteiger partial charge on any atom is -0.399 e. The van der Waals surface area contributed by atoms with Crippen molar-refractivity contribution in [1.29, 1.82) is 0 Å². The van der Waals surface area contributed by atoms with Gasteiger partial charge in [0.2, 0.25) is 0 Å². The van der Waals surface area contributed by atoms with Gasteiger partial charge < -0.3 is 10.6 Å². The standard InChI is InChI=1S/C10H16N4/c1-5-6-7-14(4)10(13-12-3)8-9(2)11/h5-8,13H,1-3,11H2,4H3/b7-6-,10-8-. The normalized spacial score (nSPS) is 11.1. The Morgan fingerprint density at radius 2 is 2.21 bits per heavy atom. The largest absolute Gasteiger partial charge is 0.399 e. The van der Waals surface area contributed by atoms with E-state index < -0.39 is 0 Å². The molecule has 0 bridgehead atoms. The molecule has 4 heteroatoms. The van der Waals surface area contributed by atoms with Gasteiger partial charge in [-0.05, 0) is 6.08 Å². The SMILES string of the molecule is C=C/C=C\N(C)/C(=C\C(=C)N)NN=C. The Balaban J connectivity index is 4.63. The van der Waals surface area contributed by atoms with Crippen LogP contribution in [0.4, 0.5) is 0 Å². The molecule has 0 aromatic heterocycles. The Bertz CT molecular complexity index is 276. The average Bonchev–Trinajstić information content (AvgIpc) is 2.13. The summed E-state index contributed by atoms with van der Waals surface area (Å²) in [6.07, 6.45) is 6.92. The summed E-state index contributed by atoms with van der Waals surface area (Å²) in [7, 11) is 1.84. The van der Waals surface area contributed by atoms with Gasteiger partial charge in [0, 0.05) is 31.7 Å². The summed E-state index contributed by atoms with van der Waals surface area (Å²) in [6.45, 7) is 10.5. The molecule has 0 saturated heterocycles. The van der Waals surface area contributed by atoms with Crippen LogP contribution in [0.2, 0.25) is 0 Å². The molecule has 0 aromatic rings. The van der Waals surface area contributed by atoms with E-state index in [0.717, 1.165) is 0 Å². The Labute approximate surface area is 84.8 Å². The van der Waals surface area contributed by atoms with Gasteiger partial charge in [0.25, 0.3) is 0 Å². The molecule has 0 aromatic carbocycles. The van der Waals surface area contributed by atoms with Crippen LogP contribution in [-0.2, 0) is 0 Å². The summed E-state index contributed by atoms with van der Waals surface area (Å²) in [5.74, 6) is 0.686. The Morgan fingerprint density at radius 3 is 2.64 bits per heavy atom. The van der Waals surface area contributed by atoms with Crippen molar-refractivity contribution < 1.29 is 0 Å². The summed E-state index contributed by atoms with van der Waals surface area (Å²) < 4.78 is 0. The molecule has 0 rings (SSSR count). The fraction of sp³-hybridized carbons (Fsp3) is 0.100. The molecule has 14 heavy (non-hydrogen) atoms. The molecule has 0 aliphatic rings. The molecule has 4 nitrogen and oxygen atoms in total. The van der Waals surface area contributed by atoms with Crippen molar-refractivity contribution in [3.05, 3.63) is 49.1 Å². The van der Waals surface area contributed by atoms with Gasteiger partial charge >= 0.3 is 0 Å². The van der Waals surface area contributed by atoms with Crippen LogP contribution >= 0.6 is 0 Å². The average molecular weight is 192 g/mol. The van der Waals surface area contributed by atoms with Crippen molar-refractivity contribution in [2.75, 3.05) is 7.05 Å². The van der Waals surface area contributed by atoms with Crippen LogP contribution in [-0.4, -0.2) is 18.7 Å². The number of hydrogen-bond donors (Lipinski definition) is 2. The Hall–Kier alpha value is -1.97. The second-order valence-corrected chi connectivity index (χ2v) is 2.56. The third kappa shape index (κ3) is 4.82. The van der Waals surface area contributed by atoms with Crippen molar-refractivity contribution in [2.24, 2.45) is 10.8 Å². The topological polar surface area (TPSA) is 53.6 Å². The highest BCUT2D eigenvalue weighted by atomic mass is 15.4. The van der Waals surface area contributed by atoms with E-state index in [1.54, 1.807) is 29.3 Å². The summed E-state index contributed by atoms with van der Waals surface area (Å²) in [5, 5.41) is 3.55. The maximum Gasteiger partial charge on any atom is 0.128 e. The van der Waals surface area contributed by atoms with Gasteiger partial charge in [0.1, 0.15) is 5.82 Å². The predicted octanol–water partition coefficient (Wildman–Crippen LogP) is 1.14. The van der Waals surface area contributed by atoms with E-state index in [1.807, 2.05) is 7.05 Å². The second-order valence-electron chi connectivity index (χ2n) is 2.56. The van der Waals surface area contributed by atoms with E-state index >= 15 is 0 Å². The van der Waals surface area contributed by atoms with E-state index in [1.165, 1.54) is 0 Å². The van der Waals surface area contributed by atoms with E-state index in [2.05, 4.69) is 30.4 Å². The van der Waals surface area contributed by atoms with Crippen molar-refractivity contribution in [3.63, 3.8) is 0 Å². The molecule has 0 heterocycles. The minimum absolute atomic E-state index is 0.440. The molecule has 3 N–H and O–H groups in total. The molecule has 0 atom stereocenters. The van der Waals surface area contributed by atoms with Crippen LogP contribution in [0.5, 0.6) is 0 Å². The number of rotatable bonds is 6. The monoisotopic (exact) mass is 192 g/mol. The van der Waals surface area contributed by atoms with E-state index in [4.69, 9.17) is 5.73 Å². The van der Waals surface area contributed by atoms with Crippen LogP contribution in [0.3, 0.4) is 0 Å². The number of hydrazone groups is 1. The van der Waals surface area contributed by atoms with Gasteiger partial charge in [0.05, 0.1) is 0 Å². The fourth-order valence-corrected chi connectivity index (χ4v) is 0.740. The van der Waals surface area contributed by atoms with Crippen molar-refractivity contribution in [1.82, 2.24) is 10.3 Å². The highest BCUT2D eigenvalue weighted by Crippen LogP contribution is 2.00. The van der Waals surface area contributed by atoms with Crippen LogP contribution in [0.1, 0.15) is 0 Å². The van der Waals surface area contributed by atoms with Crippen molar-refractivity contribution >= 4 is 6.72 Å². The zero-order valence-corrected chi connectivity index (χ0v) is 8.40. The third-order valence-corrected chi connectivity index (χ3v) is 1.34. The molecule has 0 radical (unpaired) electrons. The highest BCUT2D eigenvalue weighted by molar-refractivity contribution is 5.24. The van der Waals surface area contributed by atoms with Gasteiger partial charge in [0.15, 0.2) is 0 Å². The first kappa shape index (κ1) is 12.0. The number of allylic oxidation sites excluding steroid dienone is 3. The van der Waals surface area contributed by atoms with Crippen LogP contribution < -0.4 is 11.2 Å². The quantitative estimate of drug-likeness (QED) is 0.377. The van der Waals surface area contributed by atoms with Gasteiger partial charge in [-0.25, -0.2) is 0 Å². The number of nitrogens with two attached hydrogens (primary N) is 1. The zero-order chi connectivity index (χ0) is 11.0. The van der Waals surface area contributed by atoms with Gasteiger partial charge in [-0.15, -0.1) is 0 Å². The molecule has 0 spiro atoms. The van der Waals surface area contributed by atoms with Gasteiger partial charge in [-0.3, -0.25) is 5.43 Å². The summed E-state index contributed by atoms with van der Waals surface area (Å²) in [6, 6.07) is 0. The first-order chi connectivity index (χ1) is 6.61. The molecule has 0 aliphatic carbocycles. The van der Waals surface area contributed by atoms with E-state index in [9.17, 15) is 0 Å². The summed E-state index contributed by atoms with van der Waals surface area (Å²) in [5.41, 5.74) is 8.58. The maximum atomic E-state index is 5.45. The summed E-state index contributed by atoms with van der Waals surface area (Å²) in [4.78, 5) is 1.79. The third-order valence-electron chi connectivity index (χ3n) is 1.34. The number of hydrogen-bond acceptors (Lipinski definition) is 4. The second kappa shape index (κ2) is 6.54. The molecule has 0 aliphatic heterocycles. The van der Waals surface area contributed by atoms with Crippen molar-refractivity contribution in [3.8, 4) is 0 Å². The number of nitrogens with zero attached hydrogens (tertiary/aromatic N) is 2. The molecular weight excluding hydrogens is 176 g/mol. The van der Waals surface area contributed by atoms with Gasteiger partial charge in [-0.1, -0.05) is 19.2 Å². The Kier molecular flexibility index (Phi) is 5.62. The van der Waals surface area contributed by atoms with E-state index in [-0.39, 0.29) is 0 Å². The lowest BCUT2D eigenvalue weighted by atomic mass is 10.4. The smallest absolute Gasteiger partial charge is 0.128 e. The lowest BCUT2D eigenvalue weighted by Gasteiger charge is -2.17. The molecule has 0 saturated carbocycles.